The number of amides is 1. The number of H-pyrrole nitrogens is 1. The van der Waals surface area contributed by atoms with Crippen molar-refractivity contribution in [1.82, 2.24) is 25.5 Å². The average Bonchev–Trinajstić information content (AvgIpc) is 2.95. The van der Waals surface area contributed by atoms with E-state index in [9.17, 15) is 4.79 Å². The van der Waals surface area contributed by atoms with E-state index in [1.54, 1.807) is 17.5 Å². The summed E-state index contributed by atoms with van der Waals surface area (Å²) in [4.78, 5) is 19.5. The number of thiazole rings is 1. The van der Waals surface area contributed by atoms with Crippen molar-refractivity contribution in [3.8, 4) is 0 Å². The largest absolute Gasteiger partial charge is 0.349 e. The Morgan fingerprint density at radius 1 is 1.62 bits per heavy atom. The third-order valence-electron chi connectivity index (χ3n) is 2.07. The molecule has 0 saturated heterocycles. The van der Waals surface area contributed by atoms with Gasteiger partial charge in [-0.05, 0) is 0 Å². The van der Waals surface area contributed by atoms with Gasteiger partial charge in [0.15, 0.2) is 0 Å². The topological polar surface area (TPSA) is 83.6 Å². The van der Waals surface area contributed by atoms with Gasteiger partial charge in [0.25, 0.3) is 5.91 Å². The van der Waals surface area contributed by atoms with Crippen LogP contribution in [0.1, 0.15) is 28.5 Å². The van der Waals surface area contributed by atoms with E-state index in [-0.39, 0.29) is 17.6 Å². The maximum atomic E-state index is 11.5. The van der Waals surface area contributed by atoms with Crippen LogP contribution in [0.15, 0.2) is 17.9 Å². The molecular formula is C9H11N5OS. The van der Waals surface area contributed by atoms with E-state index in [4.69, 9.17) is 0 Å². The first-order valence-electron chi connectivity index (χ1n) is 4.80. The molecule has 0 spiro atoms. The summed E-state index contributed by atoms with van der Waals surface area (Å²) in [6.45, 7) is 2.55. The second-order valence-corrected chi connectivity index (χ2v) is 4.24. The van der Waals surface area contributed by atoms with Crippen LogP contribution in [-0.2, 0) is 0 Å². The Morgan fingerprint density at radius 3 is 3.12 bits per heavy atom. The predicted octanol–water partition coefficient (Wildman–Crippen LogP) is 0.795. The third-order valence-corrected chi connectivity index (χ3v) is 3.08. The Hall–Kier alpha value is -1.76. The summed E-state index contributed by atoms with van der Waals surface area (Å²) in [5, 5.41) is 11.8. The van der Waals surface area contributed by atoms with Gasteiger partial charge in [-0.3, -0.25) is 9.89 Å². The molecule has 2 rings (SSSR count). The summed E-state index contributed by atoms with van der Waals surface area (Å²) < 4.78 is 0. The van der Waals surface area contributed by atoms with Crippen LogP contribution < -0.4 is 5.32 Å². The van der Waals surface area contributed by atoms with Gasteiger partial charge in [-0.1, -0.05) is 6.92 Å². The molecule has 2 aromatic heterocycles. The maximum Gasteiger partial charge on any atom is 0.288 e. The minimum atomic E-state index is -0.249. The van der Waals surface area contributed by atoms with E-state index in [1.807, 2.05) is 12.3 Å². The van der Waals surface area contributed by atoms with Crippen molar-refractivity contribution in [2.75, 3.05) is 6.54 Å². The molecule has 0 fully saturated rings. The molecule has 0 aromatic carbocycles. The number of rotatable bonds is 4. The zero-order valence-corrected chi connectivity index (χ0v) is 9.49. The van der Waals surface area contributed by atoms with E-state index < -0.39 is 0 Å². The SMILES string of the molecule is CC(CNC(=O)c1ncn[nH]1)c1nccs1. The number of carbonyl (C=O) groups is 1. The molecule has 2 N–H and O–H groups in total. The van der Waals surface area contributed by atoms with Crippen LogP contribution in [0.25, 0.3) is 0 Å². The number of carbonyl (C=O) groups excluding carboxylic acids is 1. The molecule has 16 heavy (non-hydrogen) atoms. The van der Waals surface area contributed by atoms with Crippen molar-refractivity contribution in [1.29, 1.82) is 0 Å². The molecule has 6 nitrogen and oxygen atoms in total. The molecule has 7 heteroatoms. The van der Waals surface area contributed by atoms with Gasteiger partial charge in [0.2, 0.25) is 5.82 Å². The van der Waals surface area contributed by atoms with Crippen LogP contribution in [0.5, 0.6) is 0 Å². The Balaban J connectivity index is 1.86. The Kier molecular flexibility index (Phi) is 3.25. The fourth-order valence-electron chi connectivity index (χ4n) is 1.21. The van der Waals surface area contributed by atoms with Gasteiger partial charge in [0.1, 0.15) is 6.33 Å². The number of hydrogen-bond donors (Lipinski definition) is 2. The smallest absolute Gasteiger partial charge is 0.288 e. The lowest BCUT2D eigenvalue weighted by atomic mass is 10.2. The molecule has 1 unspecified atom stereocenters. The molecular weight excluding hydrogens is 226 g/mol. The van der Waals surface area contributed by atoms with E-state index >= 15 is 0 Å². The van der Waals surface area contributed by atoms with Gasteiger partial charge in [0, 0.05) is 24.0 Å². The van der Waals surface area contributed by atoms with Gasteiger partial charge in [-0.15, -0.1) is 11.3 Å². The average molecular weight is 237 g/mol. The monoisotopic (exact) mass is 237 g/mol. The van der Waals surface area contributed by atoms with Crippen LogP contribution in [-0.4, -0.2) is 32.6 Å². The summed E-state index contributed by atoms with van der Waals surface area (Å²) in [6, 6.07) is 0. The lowest BCUT2D eigenvalue weighted by Crippen LogP contribution is -2.28. The van der Waals surface area contributed by atoms with Gasteiger partial charge in [-0.25, -0.2) is 9.97 Å². The van der Waals surface area contributed by atoms with Crippen molar-refractivity contribution < 1.29 is 4.79 Å². The number of aromatic amines is 1. The maximum absolute atomic E-state index is 11.5. The summed E-state index contributed by atoms with van der Waals surface area (Å²) in [5.74, 6) is 0.180. The molecule has 0 aliphatic carbocycles. The fraction of sp³-hybridized carbons (Fsp3) is 0.333. The highest BCUT2D eigenvalue weighted by Gasteiger charge is 2.12. The van der Waals surface area contributed by atoms with E-state index in [2.05, 4.69) is 25.5 Å². The van der Waals surface area contributed by atoms with E-state index in [1.165, 1.54) is 6.33 Å². The first-order chi connectivity index (χ1) is 7.77. The Bertz CT molecular complexity index is 438. The molecule has 0 aliphatic rings. The first kappa shape index (κ1) is 10.7. The third kappa shape index (κ3) is 2.43. The van der Waals surface area contributed by atoms with E-state index in [0.717, 1.165) is 5.01 Å². The zero-order valence-electron chi connectivity index (χ0n) is 8.67. The van der Waals surface area contributed by atoms with Crippen LogP contribution in [0.2, 0.25) is 0 Å². The standard InChI is InChI=1S/C9H11N5OS/c1-6(9-10-2-3-16-9)4-11-8(15)7-12-5-13-14-7/h2-3,5-6H,4H2,1H3,(H,11,15)(H,12,13,14). The van der Waals surface area contributed by atoms with Gasteiger partial charge < -0.3 is 5.32 Å². The van der Waals surface area contributed by atoms with Crippen molar-refractivity contribution in [3.63, 3.8) is 0 Å². The highest BCUT2D eigenvalue weighted by Crippen LogP contribution is 2.16. The minimum Gasteiger partial charge on any atom is -0.349 e. The molecule has 2 aromatic rings. The second-order valence-electron chi connectivity index (χ2n) is 3.32. The molecule has 0 radical (unpaired) electrons. The van der Waals surface area contributed by atoms with Crippen LogP contribution in [0.4, 0.5) is 0 Å². The van der Waals surface area contributed by atoms with Crippen LogP contribution in [0.3, 0.4) is 0 Å². The predicted molar refractivity (Wildman–Crippen MR) is 59.2 cm³/mol. The van der Waals surface area contributed by atoms with Gasteiger partial charge in [-0.2, -0.15) is 5.10 Å². The minimum absolute atomic E-state index is 0.201. The van der Waals surface area contributed by atoms with Gasteiger partial charge in [0.05, 0.1) is 5.01 Å². The second kappa shape index (κ2) is 4.84. The fourth-order valence-corrected chi connectivity index (χ4v) is 1.91. The van der Waals surface area contributed by atoms with Crippen LogP contribution >= 0.6 is 11.3 Å². The molecule has 1 atom stereocenters. The number of nitrogens with one attached hydrogen (secondary N) is 2. The lowest BCUT2D eigenvalue weighted by molar-refractivity contribution is 0.0941. The quantitative estimate of drug-likeness (QED) is 0.823. The normalized spacial score (nSPS) is 12.3. The number of aromatic nitrogens is 4. The highest BCUT2D eigenvalue weighted by molar-refractivity contribution is 7.09. The summed E-state index contributed by atoms with van der Waals surface area (Å²) >= 11 is 1.58. The zero-order chi connectivity index (χ0) is 11.4. The Labute approximate surface area is 96.1 Å². The number of nitrogens with zero attached hydrogens (tertiary/aromatic N) is 3. The number of hydrogen-bond acceptors (Lipinski definition) is 5. The summed E-state index contributed by atoms with van der Waals surface area (Å²) in [5.41, 5.74) is 0. The van der Waals surface area contributed by atoms with Crippen molar-refractivity contribution in [3.05, 3.63) is 28.7 Å². The van der Waals surface area contributed by atoms with Crippen molar-refractivity contribution in [2.45, 2.75) is 12.8 Å². The Morgan fingerprint density at radius 2 is 2.50 bits per heavy atom. The molecule has 0 aliphatic heterocycles. The molecule has 2 heterocycles. The van der Waals surface area contributed by atoms with Crippen molar-refractivity contribution >= 4 is 17.2 Å². The first-order valence-corrected chi connectivity index (χ1v) is 5.68. The molecule has 0 bridgehead atoms. The molecule has 1 amide bonds. The summed E-state index contributed by atoms with van der Waals surface area (Å²) in [7, 11) is 0. The highest BCUT2D eigenvalue weighted by atomic mass is 32.1. The molecule has 0 saturated carbocycles. The van der Waals surface area contributed by atoms with Crippen LogP contribution in [0, 0.1) is 0 Å². The molecule has 84 valence electrons. The van der Waals surface area contributed by atoms with Crippen molar-refractivity contribution in [2.24, 2.45) is 0 Å². The van der Waals surface area contributed by atoms with Gasteiger partial charge >= 0.3 is 0 Å². The summed E-state index contributed by atoms with van der Waals surface area (Å²) in [6.07, 6.45) is 3.06. The lowest BCUT2D eigenvalue weighted by Gasteiger charge is -2.08. The van der Waals surface area contributed by atoms with E-state index in [0.29, 0.717) is 6.54 Å².